The van der Waals surface area contributed by atoms with E-state index in [4.69, 9.17) is 9.47 Å². The summed E-state index contributed by atoms with van der Waals surface area (Å²) in [5.41, 5.74) is 0.324. The van der Waals surface area contributed by atoms with Gasteiger partial charge in [0.15, 0.2) is 17.6 Å². The number of hydrogen-bond donors (Lipinski definition) is 1. The molecule has 0 heterocycles. The molecular weight excluding hydrogens is 224 g/mol. The molecule has 1 aromatic carbocycles. The van der Waals surface area contributed by atoms with Crippen LogP contribution in [0, 0.1) is 0 Å². The number of ether oxygens (including phenoxy) is 3. The van der Waals surface area contributed by atoms with Crippen molar-refractivity contribution in [1.82, 2.24) is 0 Å². The molecule has 0 radical (unpaired) electrons. The minimum atomic E-state index is -1.38. The molecule has 1 atom stereocenters. The van der Waals surface area contributed by atoms with Gasteiger partial charge in [-0.2, -0.15) is 0 Å². The molecule has 0 bridgehead atoms. The fourth-order valence-corrected chi connectivity index (χ4v) is 1.47. The van der Waals surface area contributed by atoms with E-state index in [9.17, 15) is 9.90 Å². The van der Waals surface area contributed by atoms with Crippen LogP contribution in [0.2, 0.25) is 0 Å². The maximum absolute atomic E-state index is 11.3. The van der Waals surface area contributed by atoms with Gasteiger partial charge >= 0.3 is 5.97 Å². The van der Waals surface area contributed by atoms with Crippen molar-refractivity contribution in [2.24, 2.45) is 0 Å². The molecule has 1 unspecified atom stereocenters. The first kappa shape index (κ1) is 13.3. The van der Waals surface area contributed by atoms with Crippen LogP contribution < -0.4 is 9.47 Å². The third-order valence-electron chi connectivity index (χ3n) is 2.23. The van der Waals surface area contributed by atoms with Crippen molar-refractivity contribution in [3.8, 4) is 11.5 Å². The fraction of sp³-hybridized carbons (Fsp3) is 0.417. The first-order chi connectivity index (χ1) is 8.15. The van der Waals surface area contributed by atoms with Crippen molar-refractivity contribution in [3.05, 3.63) is 23.8 Å². The van der Waals surface area contributed by atoms with Crippen molar-refractivity contribution in [2.75, 3.05) is 20.8 Å². The molecule has 0 aliphatic rings. The lowest BCUT2D eigenvalue weighted by molar-refractivity contribution is -0.150. The molecule has 5 nitrogen and oxygen atoms in total. The van der Waals surface area contributed by atoms with Crippen LogP contribution in [-0.4, -0.2) is 31.9 Å². The van der Waals surface area contributed by atoms with E-state index in [1.54, 1.807) is 18.2 Å². The van der Waals surface area contributed by atoms with E-state index in [-0.39, 0.29) is 0 Å². The van der Waals surface area contributed by atoms with Gasteiger partial charge in [-0.05, 0) is 13.0 Å². The Kier molecular flexibility index (Phi) is 4.78. The molecule has 1 aromatic rings. The number of methoxy groups -OCH3 is 2. The van der Waals surface area contributed by atoms with E-state index in [0.717, 1.165) is 0 Å². The Hall–Kier alpha value is -1.75. The summed E-state index contributed by atoms with van der Waals surface area (Å²) in [6, 6.07) is 4.97. The third kappa shape index (κ3) is 2.88. The molecular formula is C12H16O5. The molecule has 0 aliphatic heterocycles. The van der Waals surface area contributed by atoms with Crippen molar-refractivity contribution in [3.63, 3.8) is 0 Å². The summed E-state index contributed by atoms with van der Waals surface area (Å²) in [4.78, 5) is 11.3. The molecule has 1 rings (SSSR count). The standard InChI is InChI=1S/C12H16O5/c1-4-17-9-7-5-6-8(11(9)15-2)10(13)12(14)16-3/h5-7,10,13H,4H2,1-3H3. The normalized spacial score (nSPS) is 11.8. The van der Waals surface area contributed by atoms with Gasteiger partial charge in [0.2, 0.25) is 0 Å². The highest BCUT2D eigenvalue weighted by atomic mass is 16.5. The molecule has 0 saturated carbocycles. The number of benzene rings is 1. The summed E-state index contributed by atoms with van der Waals surface area (Å²) in [6.45, 7) is 2.30. The monoisotopic (exact) mass is 240 g/mol. The summed E-state index contributed by atoms with van der Waals surface area (Å²) >= 11 is 0. The van der Waals surface area contributed by atoms with Crippen LogP contribution in [0.25, 0.3) is 0 Å². The Balaban J connectivity index is 3.14. The van der Waals surface area contributed by atoms with Crippen LogP contribution in [-0.2, 0) is 9.53 Å². The lowest BCUT2D eigenvalue weighted by Gasteiger charge is -2.16. The van der Waals surface area contributed by atoms with Crippen molar-refractivity contribution in [1.29, 1.82) is 0 Å². The largest absolute Gasteiger partial charge is 0.492 e. The number of aliphatic hydroxyl groups is 1. The van der Waals surface area contributed by atoms with Gasteiger partial charge in [0, 0.05) is 5.56 Å². The van der Waals surface area contributed by atoms with Crippen molar-refractivity contribution < 1.29 is 24.1 Å². The van der Waals surface area contributed by atoms with Crippen LogP contribution in [0.5, 0.6) is 11.5 Å². The Bertz CT molecular complexity index is 388. The van der Waals surface area contributed by atoms with Crippen LogP contribution in [0.1, 0.15) is 18.6 Å². The van der Waals surface area contributed by atoms with E-state index in [1.807, 2.05) is 6.92 Å². The van der Waals surface area contributed by atoms with Crippen LogP contribution in [0.15, 0.2) is 18.2 Å². The van der Waals surface area contributed by atoms with Gasteiger partial charge in [0.25, 0.3) is 0 Å². The Morgan fingerprint density at radius 2 is 2.12 bits per heavy atom. The van der Waals surface area contributed by atoms with Gasteiger partial charge < -0.3 is 19.3 Å². The summed E-state index contributed by atoms with van der Waals surface area (Å²) in [5.74, 6) is 0.0830. The molecule has 5 heteroatoms. The first-order valence-corrected chi connectivity index (χ1v) is 5.21. The lowest BCUT2D eigenvalue weighted by atomic mass is 10.1. The van der Waals surface area contributed by atoms with Crippen LogP contribution in [0.4, 0.5) is 0 Å². The topological polar surface area (TPSA) is 65.0 Å². The molecule has 0 spiro atoms. The van der Waals surface area contributed by atoms with Gasteiger partial charge in [-0.1, -0.05) is 12.1 Å². The number of para-hydroxylation sites is 1. The number of esters is 1. The third-order valence-corrected chi connectivity index (χ3v) is 2.23. The van der Waals surface area contributed by atoms with Gasteiger partial charge in [-0.25, -0.2) is 4.79 Å². The number of hydrogen-bond acceptors (Lipinski definition) is 5. The number of rotatable bonds is 5. The van der Waals surface area contributed by atoms with Gasteiger partial charge in [0.1, 0.15) is 0 Å². The number of carbonyl (C=O) groups is 1. The SMILES string of the molecule is CCOc1cccc(C(O)C(=O)OC)c1OC. The molecule has 0 aromatic heterocycles. The highest BCUT2D eigenvalue weighted by Crippen LogP contribution is 2.35. The van der Waals surface area contributed by atoms with E-state index < -0.39 is 12.1 Å². The van der Waals surface area contributed by atoms with E-state index in [2.05, 4.69) is 4.74 Å². The Morgan fingerprint density at radius 3 is 2.65 bits per heavy atom. The van der Waals surface area contributed by atoms with Crippen molar-refractivity contribution >= 4 is 5.97 Å². The summed E-state index contributed by atoms with van der Waals surface area (Å²) in [7, 11) is 2.66. The second-order valence-electron chi connectivity index (χ2n) is 3.24. The highest BCUT2D eigenvalue weighted by molar-refractivity contribution is 5.77. The maximum Gasteiger partial charge on any atom is 0.339 e. The van der Waals surface area contributed by atoms with E-state index >= 15 is 0 Å². The van der Waals surface area contributed by atoms with Gasteiger partial charge in [-0.3, -0.25) is 0 Å². The minimum Gasteiger partial charge on any atom is -0.492 e. The van der Waals surface area contributed by atoms with Crippen molar-refractivity contribution in [2.45, 2.75) is 13.0 Å². The quantitative estimate of drug-likeness (QED) is 0.786. The van der Waals surface area contributed by atoms with Crippen LogP contribution >= 0.6 is 0 Å². The molecule has 1 N–H and O–H groups in total. The zero-order valence-corrected chi connectivity index (χ0v) is 10.1. The zero-order valence-electron chi connectivity index (χ0n) is 10.1. The highest BCUT2D eigenvalue weighted by Gasteiger charge is 2.23. The average Bonchev–Trinajstić information content (AvgIpc) is 2.37. The first-order valence-electron chi connectivity index (χ1n) is 5.21. The molecule has 17 heavy (non-hydrogen) atoms. The summed E-state index contributed by atoms with van der Waals surface area (Å²) < 4.78 is 15.0. The van der Waals surface area contributed by atoms with Crippen LogP contribution in [0.3, 0.4) is 0 Å². The summed E-state index contributed by atoms with van der Waals surface area (Å²) in [5, 5.41) is 9.78. The van der Waals surface area contributed by atoms with E-state index in [0.29, 0.717) is 23.7 Å². The number of aliphatic hydroxyl groups excluding tert-OH is 1. The molecule has 0 aliphatic carbocycles. The molecule has 0 saturated heterocycles. The van der Waals surface area contributed by atoms with E-state index in [1.165, 1.54) is 14.2 Å². The Morgan fingerprint density at radius 1 is 1.41 bits per heavy atom. The van der Waals surface area contributed by atoms with Gasteiger partial charge in [-0.15, -0.1) is 0 Å². The smallest absolute Gasteiger partial charge is 0.339 e. The maximum atomic E-state index is 11.3. The summed E-state index contributed by atoms with van der Waals surface area (Å²) in [6.07, 6.45) is -1.38. The minimum absolute atomic E-state index is 0.324. The second kappa shape index (κ2) is 6.10. The predicted octanol–water partition coefficient (Wildman–Crippen LogP) is 1.30. The lowest BCUT2D eigenvalue weighted by Crippen LogP contribution is -2.14. The fourth-order valence-electron chi connectivity index (χ4n) is 1.47. The Labute approximate surface area is 99.9 Å². The van der Waals surface area contributed by atoms with Gasteiger partial charge in [0.05, 0.1) is 20.8 Å². The second-order valence-corrected chi connectivity index (χ2v) is 3.24. The zero-order chi connectivity index (χ0) is 12.8. The predicted molar refractivity (Wildman–Crippen MR) is 61.1 cm³/mol. The number of carbonyl (C=O) groups excluding carboxylic acids is 1. The molecule has 0 fully saturated rings. The molecule has 0 amide bonds. The average molecular weight is 240 g/mol. The molecule has 94 valence electrons.